The number of benzene rings is 1. The third-order valence-corrected chi connectivity index (χ3v) is 4.99. The van der Waals surface area contributed by atoms with E-state index in [1.54, 1.807) is 7.11 Å². The van der Waals surface area contributed by atoms with Gasteiger partial charge in [-0.3, -0.25) is 4.99 Å². The van der Waals surface area contributed by atoms with E-state index >= 15 is 0 Å². The van der Waals surface area contributed by atoms with Crippen molar-refractivity contribution in [1.29, 1.82) is 0 Å². The van der Waals surface area contributed by atoms with Gasteiger partial charge in [-0.05, 0) is 43.9 Å². The van der Waals surface area contributed by atoms with Crippen LogP contribution >= 0.6 is 39.9 Å². The van der Waals surface area contributed by atoms with Gasteiger partial charge in [0.05, 0.1) is 13.2 Å². The maximum Gasteiger partial charge on any atom is 0.191 e. The standard InChI is InChI=1S/C20H33BrN4O2.HI/c1-3-22-20(23-9-5-11-27-13-12-26-2)24-15-17-8-10-25(16-17)19-7-4-6-18(21)14-19;/h4,6-7,14,17H,3,5,8-13,15-16H2,1-2H3,(H2,22,23,24);1H. The first kappa shape index (κ1) is 25.5. The molecular weight excluding hydrogens is 535 g/mol. The molecule has 160 valence electrons. The van der Waals surface area contributed by atoms with Crippen molar-refractivity contribution in [2.24, 2.45) is 10.9 Å². The summed E-state index contributed by atoms with van der Waals surface area (Å²) in [4.78, 5) is 7.23. The molecule has 1 aliphatic rings. The number of ether oxygens (including phenoxy) is 2. The number of anilines is 1. The van der Waals surface area contributed by atoms with E-state index in [0.717, 1.165) is 56.2 Å². The summed E-state index contributed by atoms with van der Waals surface area (Å²) in [6, 6.07) is 8.53. The number of methoxy groups -OCH3 is 1. The minimum absolute atomic E-state index is 0. The molecule has 2 N–H and O–H groups in total. The topological polar surface area (TPSA) is 58.1 Å². The van der Waals surface area contributed by atoms with Crippen LogP contribution < -0.4 is 15.5 Å². The van der Waals surface area contributed by atoms with E-state index in [-0.39, 0.29) is 24.0 Å². The Labute approximate surface area is 195 Å². The van der Waals surface area contributed by atoms with Crippen LogP contribution in [0.25, 0.3) is 0 Å². The molecule has 0 spiro atoms. The molecule has 0 amide bonds. The van der Waals surface area contributed by atoms with Crippen LogP contribution in [-0.4, -0.2) is 65.6 Å². The molecule has 1 saturated heterocycles. The Kier molecular flexibility index (Phi) is 13.9. The lowest BCUT2D eigenvalue weighted by Gasteiger charge is -2.19. The second-order valence-corrected chi connectivity index (χ2v) is 7.60. The van der Waals surface area contributed by atoms with Crippen LogP contribution in [-0.2, 0) is 9.47 Å². The Morgan fingerprint density at radius 3 is 2.89 bits per heavy atom. The van der Waals surface area contributed by atoms with E-state index in [0.29, 0.717) is 19.1 Å². The number of nitrogens with one attached hydrogen (secondary N) is 2. The van der Waals surface area contributed by atoms with E-state index in [1.165, 1.54) is 12.1 Å². The van der Waals surface area contributed by atoms with E-state index in [4.69, 9.17) is 14.5 Å². The van der Waals surface area contributed by atoms with Gasteiger partial charge in [-0.15, -0.1) is 24.0 Å². The molecule has 1 unspecified atom stereocenters. The molecule has 0 saturated carbocycles. The van der Waals surface area contributed by atoms with Crippen molar-refractivity contribution >= 4 is 51.6 Å². The fraction of sp³-hybridized carbons (Fsp3) is 0.650. The molecule has 0 radical (unpaired) electrons. The number of hydrogen-bond donors (Lipinski definition) is 2. The lowest BCUT2D eigenvalue weighted by molar-refractivity contribution is 0.0698. The van der Waals surface area contributed by atoms with Gasteiger partial charge in [-0.25, -0.2) is 0 Å². The fourth-order valence-corrected chi connectivity index (χ4v) is 3.46. The number of aliphatic imine (C=N–C) groups is 1. The highest BCUT2D eigenvalue weighted by Gasteiger charge is 2.22. The smallest absolute Gasteiger partial charge is 0.191 e. The quantitative estimate of drug-likeness (QED) is 0.185. The molecule has 28 heavy (non-hydrogen) atoms. The highest BCUT2D eigenvalue weighted by molar-refractivity contribution is 14.0. The van der Waals surface area contributed by atoms with Crippen LogP contribution in [0.15, 0.2) is 33.7 Å². The van der Waals surface area contributed by atoms with Gasteiger partial charge < -0.3 is 25.0 Å². The average molecular weight is 569 g/mol. The molecule has 1 aromatic rings. The molecule has 6 nitrogen and oxygen atoms in total. The maximum atomic E-state index is 5.49. The summed E-state index contributed by atoms with van der Waals surface area (Å²) in [5.74, 6) is 1.49. The summed E-state index contributed by atoms with van der Waals surface area (Å²) in [6.07, 6.45) is 2.14. The summed E-state index contributed by atoms with van der Waals surface area (Å²) in [6.45, 7) is 8.86. The van der Waals surface area contributed by atoms with E-state index < -0.39 is 0 Å². The summed E-state index contributed by atoms with van der Waals surface area (Å²) in [5.41, 5.74) is 1.29. The van der Waals surface area contributed by atoms with Gasteiger partial charge in [-0.1, -0.05) is 22.0 Å². The molecule has 0 aliphatic carbocycles. The molecule has 0 aromatic heterocycles. The van der Waals surface area contributed by atoms with Crippen LogP contribution in [0, 0.1) is 5.92 Å². The van der Waals surface area contributed by atoms with Crippen LogP contribution in [0.1, 0.15) is 19.8 Å². The Morgan fingerprint density at radius 2 is 2.14 bits per heavy atom. The summed E-state index contributed by atoms with van der Waals surface area (Å²) < 4.78 is 11.6. The second-order valence-electron chi connectivity index (χ2n) is 6.69. The molecule has 1 atom stereocenters. The second kappa shape index (κ2) is 15.3. The van der Waals surface area contributed by atoms with Gasteiger partial charge in [-0.2, -0.15) is 0 Å². The summed E-state index contributed by atoms with van der Waals surface area (Å²) in [7, 11) is 1.69. The van der Waals surface area contributed by atoms with E-state index in [1.807, 2.05) is 0 Å². The molecule has 2 rings (SSSR count). The van der Waals surface area contributed by atoms with E-state index in [9.17, 15) is 0 Å². The molecule has 1 heterocycles. The zero-order valence-corrected chi connectivity index (χ0v) is 20.9. The van der Waals surface area contributed by atoms with Crippen molar-refractivity contribution in [3.05, 3.63) is 28.7 Å². The minimum Gasteiger partial charge on any atom is -0.382 e. The van der Waals surface area contributed by atoms with Crippen molar-refractivity contribution < 1.29 is 9.47 Å². The maximum absolute atomic E-state index is 5.49. The molecule has 8 heteroatoms. The van der Waals surface area contributed by atoms with E-state index in [2.05, 4.69) is 62.7 Å². The van der Waals surface area contributed by atoms with Crippen LogP contribution in [0.3, 0.4) is 0 Å². The largest absolute Gasteiger partial charge is 0.382 e. The molecule has 1 aliphatic heterocycles. The van der Waals surface area contributed by atoms with Gasteiger partial charge in [0.2, 0.25) is 0 Å². The van der Waals surface area contributed by atoms with Crippen LogP contribution in [0.2, 0.25) is 0 Å². The highest BCUT2D eigenvalue weighted by atomic mass is 127. The number of rotatable bonds is 11. The van der Waals surface area contributed by atoms with Gasteiger partial charge in [0.25, 0.3) is 0 Å². The van der Waals surface area contributed by atoms with Crippen molar-refractivity contribution in [2.75, 3.05) is 64.6 Å². The first-order valence-corrected chi connectivity index (χ1v) is 10.6. The van der Waals surface area contributed by atoms with Crippen molar-refractivity contribution in [3.63, 3.8) is 0 Å². The zero-order valence-electron chi connectivity index (χ0n) is 17.0. The summed E-state index contributed by atoms with van der Waals surface area (Å²) in [5, 5.41) is 6.72. The first-order chi connectivity index (χ1) is 13.2. The monoisotopic (exact) mass is 568 g/mol. The Morgan fingerprint density at radius 1 is 1.29 bits per heavy atom. The predicted molar refractivity (Wildman–Crippen MR) is 131 cm³/mol. The van der Waals surface area contributed by atoms with Crippen LogP contribution in [0.5, 0.6) is 0 Å². The van der Waals surface area contributed by atoms with Crippen LogP contribution in [0.4, 0.5) is 5.69 Å². The summed E-state index contributed by atoms with van der Waals surface area (Å²) >= 11 is 3.56. The zero-order chi connectivity index (χ0) is 19.3. The van der Waals surface area contributed by atoms with Gasteiger partial charge in [0.1, 0.15) is 0 Å². The first-order valence-electron chi connectivity index (χ1n) is 9.82. The fourth-order valence-electron chi connectivity index (χ4n) is 3.08. The van der Waals surface area contributed by atoms with Crippen molar-refractivity contribution in [3.8, 4) is 0 Å². The number of halogens is 2. The number of guanidine groups is 1. The third kappa shape index (κ3) is 9.76. The molecular formula is C20H34BrIN4O2. The van der Waals surface area contributed by atoms with Gasteiger partial charge in [0.15, 0.2) is 5.96 Å². The van der Waals surface area contributed by atoms with Crippen molar-refractivity contribution in [2.45, 2.75) is 19.8 Å². The SMILES string of the molecule is CCNC(=NCC1CCN(c2cccc(Br)c2)C1)NCCCOCCOC.I. The average Bonchev–Trinajstić information content (AvgIpc) is 3.14. The van der Waals surface area contributed by atoms with Gasteiger partial charge >= 0.3 is 0 Å². The molecule has 1 fully saturated rings. The Bertz CT molecular complexity index is 577. The number of nitrogens with zero attached hydrogens (tertiary/aromatic N) is 2. The predicted octanol–water partition coefficient (Wildman–Crippen LogP) is 3.50. The highest BCUT2D eigenvalue weighted by Crippen LogP contribution is 2.26. The normalized spacial score (nSPS) is 16.8. The molecule has 0 bridgehead atoms. The minimum atomic E-state index is 0. The third-order valence-electron chi connectivity index (χ3n) is 4.50. The lowest BCUT2D eigenvalue weighted by atomic mass is 10.1. The Balaban J connectivity index is 0.00000392. The lowest BCUT2D eigenvalue weighted by Crippen LogP contribution is -2.38. The van der Waals surface area contributed by atoms with Crippen molar-refractivity contribution in [1.82, 2.24) is 10.6 Å². The Hall–Kier alpha value is -0.580. The van der Waals surface area contributed by atoms with Gasteiger partial charge in [0, 0.05) is 56.6 Å². The number of hydrogen-bond acceptors (Lipinski definition) is 4. The molecule has 1 aromatic carbocycles.